The van der Waals surface area contributed by atoms with Crippen LogP contribution in [-0.4, -0.2) is 36.4 Å². The average Bonchev–Trinajstić information content (AvgIpc) is 2.65. The van der Waals surface area contributed by atoms with Gasteiger partial charge in [0.25, 0.3) is 5.91 Å². The Bertz CT molecular complexity index is 745. The first-order valence-electron chi connectivity index (χ1n) is 8.35. The van der Waals surface area contributed by atoms with Crippen LogP contribution in [0.25, 0.3) is 0 Å². The Morgan fingerprint density at radius 2 is 1.73 bits per heavy atom. The smallest absolute Gasteiger partial charge is 0.261 e. The highest BCUT2D eigenvalue weighted by atomic mass is 35.5. The van der Waals surface area contributed by atoms with Crippen LogP contribution in [0.2, 0.25) is 5.02 Å². The zero-order chi connectivity index (χ0) is 19.1. The summed E-state index contributed by atoms with van der Waals surface area (Å²) < 4.78 is 5.58. The molecule has 0 aliphatic carbocycles. The lowest BCUT2D eigenvalue weighted by Crippen LogP contribution is -2.48. The minimum atomic E-state index is -0.621. The van der Waals surface area contributed by atoms with Crippen molar-refractivity contribution in [3.63, 3.8) is 0 Å². The Balaban J connectivity index is 2.10. The van der Waals surface area contributed by atoms with Gasteiger partial charge in [-0.2, -0.15) is 0 Å². The molecule has 0 radical (unpaired) electrons. The summed E-state index contributed by atoms with van der Waals surface area (Å²) in [7, 11) is 1.55. The molecule has 0 saturated heterocycles. The number of rotatable bonds is 7. The van der Waals surface area contributed by atoms with E-state index in [2.05, 4.69) is 5.32 Å². The highest BCUT2D eigenvalue weighted by Crippen LogP contribution is 2.15. The van der Waals surface area contributed by atoms with Gasteiger partial charge in [0.15, 0.2) is 6.61 Å². The summed E-state index contributed by atoms with van der Waals surface area (Å²) in [6.07, 6.45) is 0. The van der Waals surface area contributed by atoms with Crippen molar-refractivity contribution < 1.29 is 14.3 Å². The predicted octanol–water partition coefficient (Wildman–Crippen LogP) is 3.19. The van der Waals surface area contributed by atoms with Gasteiger partial charge < -0.3 is 15.0 Å². The first kappa shape index (κ1) is 19.8. The minimum absolute atomic E-state index is 0.141. The van der Waals surface area contributed by atoms with Gasteiger partial charge in [0.2, 0.25) is 5.91 Å². The maximum atomic E-state index is 12.7. The fraction of sp³-hybridized carbons (Fsp3) is 0.300. The number of amides is 2. The molecule has 138 valence electrons. The maximum absolute atomic E-state index is 12.7. The van der Waals surface area contributed by atoms with Gasteiger partial charge in [-0.15, -0.1) is 0 Å². The molecule has 0 unspecified atom stereocenters. The lowest BCUT2D eigenvalue weighted by molar-refractivity contribution is -0.142. The number of hydrogen-bond acceptors (Lipinski definition) is 3. The molecule has 2 aromatic carbocycles. The Kier molecular flexibility index (Phi) is 7.04. The van der Waals surface area contributed by atoms with E-state index < -0.39 is 6.04 Å². The van der Waals surface area contributed by atoms with Crippen LogP contribution in [0.3, 0.4) is 0 Å². The van der Waals surface area contributed by atoms with Crippen molar-refractivity contribution in [3.8, 4) is 5.75 Å². The molecule has 0 aliphatic rings. The van der Waals surface area contributed by atoms with Gasteiger partial charge in [-0.05, 0) is 43.7 Å². The SMILES string of the molecule is CNC(=O)[C@@H](C)N(Cc1ccc(Cl)cc1)C(=O)COc1ccc(C)cc1. The lowest BCUT2D eigenvalue weighted by atomic mass is 10.1. The number of likely N-dealkylation sites (N-methyl/N-ethyl adjacent to an activating group) is 1. The van der Waals surface area contributed by atoms with E-state index in [0.29, 0.717) is 17.3 Å². The van der Waals surface area contributed by atoms with Crippen molar-refractivity contribution in [2.45, 2.75) is 26.4 Å². The highest BCUT2D eigenvalue weighted by molar-refractivity contribution is 6.30. The molecule has 6 heteroatoms. The molecule has 2 aromatic rings. The van der Waals surface area contributed by atoms with Crippen molar-refractivity contribution in [2.24, 2.45) is 0 Å². The quantitative estimate of drug-likeness (QED) is 0.809. The van der Waals surface area contributed by atoms with Gasteiger partial charge in [-0.25, -0.2) is 0 Å². The maximum Gasteiger partial charge on any atom is 0.261 e. The van der Waals surface area contributed by atoms with E-state index in [9.17, 15) is 9.59 Å². The number of ether oxygens (including phenoxy) is 1. The van der Waals surface area contributed by atoms with Crippen LogP contribution in [0.5, 0.6) is 5.75 Å². The summed E-state index contributed by atoms with van der Waals surface area (Å²) in [6, 6.07) is 14.0. The Labute approximate surface area is 158 Å². The molecule has 26 heavy (non-hydrogen) atoms. The fourth-order valence-corrected chi connectivity index (χ4v) is 2.57. The van der Waals surface area contributed by atoms with E-state index in [1.807, 2.05) is 43.3 Å². The van der Waals surface area contributed by atoms with E-state index in [0.717, 1.165) is 11.1 Å². The molecule has 0 aliphatic heterocycles. The minimum Gasteiger partial charge on any atom is -0.484 e. The zero-order valence-corrected chi connectivity index (χ0v) is 15.9. The van der Waals surface area contributed by atoms with Crippen LogP contribution >= 0.6 is 11.6 Å². The summed E-state index contributed by atoms with van der Waals surface area (Å²) in [5, 5.41) is 3.20. The second kappa shape index (κ2) is 9.25. The predicted molar refractivity (Wildman–Crippen MR) is 102 cm³/mol. The van der Waals surface area contributed by atoms with Crippen LogP contribution in [0.1, 0.15) is 18.1 Å². The van der Waals surface area contributed by atoms with E-state index in [1.54, 1.807) is 26.1 Å². The van der Waals surface area contributed by atoms with Gasteiger partial charge >= 0.3 is 0 Å². The average molecular weight is 375 g/mol. The Morgan fingerprint density at radius 1 is 1.12 bits per heavy atom. The number of hydrogen-bond donors (Lipinski definition) is 1. The molecule has 2 rings (SSSR count). The summed E-state index contributed by atoms with van der Waals surface area (Å²) in [5.74, 6) is 0.113. The molecule has 0 aromatic heterocycles. The molecular weight excluding hydrogens is 352 g/mol. The monoisotopic (exact) mass is 374 g/mol. The standard InChI is InChI=1S/C20H23ClN2O3/c1-14-4-10-18(11-5-14)26-13-19(24)23(15(2)20(25)22-3)12-16-6-8-17(21)9-7-16/h4-11,15H,12-13H2,1-3H3,(H,22,25)/t15-/m1/s1. The van der Waals surface area contributed by atoms with Crippen LogP contribution in [0, 0.1) is 6.92 Å². The van der Waals surface area contributed by atoms with Crippen molar-refractivity contribution in [1.82, 2.24) is 10.2 Å². The second-order valence-electron chi connectivity index (χ2n) is 6.04. The van der Waals surface area contributed by atoms with E-state index in [1.165, 1.54) is 4.90 Å². The lowest BCUT2D eigenvalue weighted by Gasteiger charge is -2.28. The Morgan fingerprint density at radius 3 is 2.31 bits per heavy atom. The van der Waals surface area contributed by atoms with Crippen LogP contribution in [0.4, 0.5) is 0 Å². The van der Waals surface area contributed by atoms with Crippen LogP contribution < -0.4 is 10.1 Å². The number of nitrogens with one attached hydrogen (secondary N) is 1. The first-order chi connectivity index (χ1) is 12.4. The third-order valence-electron chi connectivity index (χ3n) is 4.06. The largest absolute Gasteiger partial charge is 0.484 e. The normalized spacial score (nSPS) is 11.5. The number of aryl methyl sites for hydroxylation is 1. The number of nitrogens with zero attached hydrogens (tertiary/aromatic N) is 1. The Hall–Kier alpha value is -2.53. The highest BCUT2D eigenvalue weighted by Gasteiger charge is 2.25. The van der Waals surface area contributed by atoms with Crippen LogP contribution in [0.15, 0.2) is 48.5 Å². The molecule has 0 spiro atoms. The molecule has 0 fully saturated rings. The fourth-order valence-electron chi connectivity index (χ4n) is 2.44. The van der Waals surface area contributed by atoms with Gasteiger partial charge in [-0.3, -0.25) is 9.59 Å². The van der Waals surface area contributed by atoms with Crippen molar-refractivity contribution in [2.75, 3.05) is 13.7 Å². The first-order valence-corrected chi connectivity index (χ1v) is 8.73. The van der Waals surface area contributed by atoms with Crippen LogP contribution in [-0.2, 0) is 16.1 Å². The zero-order valence-electron chi connectivity index (χ0n) is 15.2. The molecule has 0 bridgehead atoms. The topological polar surface area (TPSA) is 58.6 Å². The third-order valence-corrected chi connectivity index (χ3v) is 4.32. The number of carbonyl (C=O) groups excluding carboxylic acids is 2. The van der Waals surface area contributed by atoms with Gasteiger partial charge in [0, 0.05) is 18.6 Å². The van der Waals surface area contributed by atoms with Crippen molar-refractivity contribution >= 4 is 23.4 Å². The van der Waals surface area contributed by atoms with Gasteiger partial charge in [0.1, 0.15) is 11.8 Å². The summed E-state index contributed by atoms with van der Waals surface area (Å²) >= 11 is 5.91. The van der Waals surface area contributed by atoms with E-state index in [-0.39, 0.29) is 18.4 Å². The number of benzene rings is 2. The molecule has 1 atom stereocenters. The molecule has 0 saturated carbocycles. The van der Waals surface area contributed by atoms with E-state index >= 15 is 0 Å². The molecule has 2 amide bonds. The van der Waals surface area contributed by atoms with Crippen molar-refractivity contribution in [3.05, 3.63) is 64.7 Å². The third kappa shape index (κ3) is 5.49. The van der Waals surface area contributed by atoms with Crippen molar-refractivity contribution in [1.29, 1.82) is 0 Å². The number of halogens is 1. The molecule has 1 N–H and O–H groups in total. The number of carbonyl (C=O) groups is 2. The molecule has 0 heterocycles. The van der Waals surface area contributed by atoms with Gasteiger partial charge in [-0.1, -0.05) is 41.4 Å². The summed E-state index contributed by atoms with van der Waals surface area (Å²) in [6.45, 7) is 3.83. The summed E-state index contributed by atoms with van der Waals surface area (Å²) in [4.78, 5) is 26.3. The van der Waals surface area contributed by atoms with Gasteiger partial charge in [0.05, 0.1) is 0 Å². The second-order valence-corrected chi connectivity index (χ2v) is 6.48. The van der Waals surface area contributed by atoms with E-state index in [4.69, 9.17) is 16.3 Å². The molecular formula is C20H23ClN2O3. The molecule has 5 nitrogen and oxygen atoms in total. The summed E-state index contributed by atoms with van der Waals surface area (Å²) in [5.41, 5.74) is 2.00.